The van der Waals surface area contributed by atoms with E-state index in [1.165, 1.54) is 12.1 Å². The number of hydrogen-bond donors (Lipinski definition) is 0. The van der Waals surface area contributed by atoms with Gasteiger partial charge in [0.2, 0.25) is 0 Å². The second-order valence-electron chi connectivity index (χ2n) is 10.2. The molecule has 1 aliphatic heterocycles. The fraction of sp³-hybridized carbons (Fsp3) is 0.400. The van der Waals surface area contributed by atoms with Gasteiger partial charge in [0.05, 0.1) is 23.1 Å². The van der Waals surface area contributed by atoms with Gasteiger partial charge in [-0.1, -0.05) is 36.7 Å². The van der Waals surface area contributed by atoms with Crippen LogP contribution in [0.15, 0.2) is 43.0 Å². The number of hydrogen-bond acceptors (Lipinski definition) is 3. The first-order valence-electron chi connectivity index (χ1n) is 12.9. The van der Waals surface area contributed by atoms with E-state index in [0.29, 0.717) is 65.8 Å². The minimum Gasteiger partial charge on any atom is -0.466 e. The Bertz CT molecular complexity index is 1450. The van der Waals surface area contributed by atoms with E-state index in [2.05, 4.69) is 6.58 Å². The van der Waals surface area contributed by atoms with E-state index in [4.69, 9.17) is 27.9 Å². The second-order valence-corrected chi connectivity index (χ2v) is 11.0. The molecule has 9 heteroatoms. The average Bonchev–Trinajstić information content (AvgIpc) is 3.21. The van der Waals surface area contributed by atoms with Crippen LogP contribution in [0.3, 0.4) is 0 Å². The van der Waals surface area contributed by atoms with E-state index < -0.39 is 5.92 Å². The van der Waals surface area contributed by atoms with Crippen molar-refractivity contribution >= 4 is 46.0 Å². The summed E-state index contributed by atoms with van der Waals surface area (Å²) in [5.41, 5.74) is 2.97. The van der Waals surface area contributed by atoms with Crippen molar-refractivity contribution in [2.75, 3.05) is 19.7 Å². The van der Waals surface area contributed by atoms with Gasteiger partial charge in [-0.25, -0.2) is 0 Å². The maximum atomic E-state index is 14.4. The predicted molar refractivity (Wildman–Crippen MR) is 151 cm³/mol. The van der Waals surface area contributed by atoms with Crippen LogP contribution in [0.5, 0.6) is 0 Å². The predicted octanol–water partition coefficient (Wildman–Crippen LogP) is 7.32. The lowest BCUT2D eigenvalue weighted by Gasteiger charge is -2.36. The van der Waals surface area contributed by atoms with E-state index in [9.17, 15) is 18.4 Å². The summed E-state index contributed by atoms with van der Waals surface area (Å²) in [4.78, 5) is 27.5. The Kier molecular flexibility index (Phi) is 8.43. The van der Waals surface area contributed by atoms with Crippen molar-refractivity contribution in [1.82, 2.24) is 9.47 Å². The zero-order chi connectivity index (χ0) is 28.6. The molecule has 0 radical (unpaired) electrons. The Morgan fingerprint density at radius 2 is 1.95 bits per heavy atom. The SMILES string of the molecule is C=CC(F)(F)c1cc(C)c2cc(Cc3c(Cl)ccc(C(=O)N4CC[C@@H](C(=O)OCC)[C@H](C)C4)c3Cl)n(C)c2c1. The number of benzene rings is 2. The number of alkyl halides is 2. The molecule has 1 saturated heterocycles. The standard InChI is InChI=1S/C30H32Cl2F2N2O3/c1-6-30(33,34)19-12-17(3)23-14-20(35(5)26(23)13-19)15-24-25(31)9-8-22(27(24)32)28(37)36-11-10-21(18(4)16-36)29(38)39-7-2/h6,8-9,12-14,18,21H,1,7,10-11,15-16H2,2-5H3/t18-,21-/m1/s1. The summed E-state index contributed by atoms with van der Waals surface area (Å²) in [6.07, 6.45) is 1.46. The molecule has 39 heavy (non-hydrogen) atoms. The second kappa shape index (κ2) is 11.3. The molecule has 1 amide bonds. The Hall–Kier alpha value is -2.90. The Labute approximate surface area is 237 Å². The number of esters is 1. The van der Waals surface area contributed by atoms with Gasteiger partial charge in [-0.05, 0) is 73.7 Å². The molecule has 3 aromatic rings. The maximum Gasteiger partial charge on any atom is 0.309 e. The molecule has 2 atom stereocenters. The number of rotatable bonds is 7. The third-order valence-electron chi connectivity index (χ3n) is 7.67. The number of halogens is 4. The van der Waals surface area contributed by atoms with Gasteiger partial charge >= 0.3 is 5.97 Å². The zero-order valence-electron chi connectivity index (χ0n) is 22.5. The first-order chi connectivity index (χ1) is 18.4. The Morgan fingerprint density at radius 1 is 1.23 bits per heavy atom. The van der Waals surface area contributed by atoms with Crippen molar-refractivity contribution in [3.8, 4) is 0 Å². The lowest BCUT2D eigenvalue weighted by Crippen LogP contribution is -2.45. The van der Waals surface area contributed by atoms with Gasteiger partial charge in [0.1, 0.15) is 0 Å². The summed E-state index contributed by atoms with van der Waals surface area (Å²) >= 11 is 13.4. The lowest BCUT2D eigenvalue weighted by atomic mass is 9.86. The number of allylic oxidation sites excluding steroid dienone is 1. The molecule has 0 saturated carbocycles. The van der Waals surface area contributed by atoms with Crippen LogP contribution in [-0.4, -0.2) is 41.0 Å². The van der Waals surface area contributed by atoms with Gasteiger partial charge in [0, 0.05) is 53.7 Å². The van der Waals surface area contributed by atoms with E-state index in [1.807, 2.05) is 17.6 Å². The van der Waals surface area contributed by atoms with Crippen LogP contribution in [0.4, 0.5) is 8.78 Å². The van der Waals surface area contributed by atoms with E-state index >= 15 is 0 Å². The molecule has 2 heterocycles. The minimum absolute atomic E-state index is 0.0512. The average molecular weight is 577 g/mol. The molecule has 1 aromatic heterocycles. The van der Waals surface area contributed by atoms with Crippen molar-refractivity contribution < 1.29 is 23.1 Å². The van der Waals surface area contributed by atoms with Crippen LogP contribution in [0.2, 0.25) is 10.0 Å². The Balaban J connectivity index is 1.63. The number of carbonyl (C=O) groups is 2. The molecule has 4 rings (SSSR count). The molecule has 0 aliphatic carbocycles. The fourth-order valence-corrected chi connectivity index (χ4v) is 5.93. The molecular formula is C30H32Cl2F2N2O3. The third-order valence-corrected chi connectivity index (χ3v) is 8.45. The largest absolute Gasteiger partial charge is 0.466 e. The minimum atomic E-state index is -3.15. The molecule has 208 valence electrons. The first kappa shape index (κ1) is 29.1. The van der Waals surface area contributed by atoms with Gasteiger partial charge in [-0.15, -0.1) is 0 Å². The molecule has 1 fully saturated rings. The smallest absolute Gasteiger partial charge is 0.309 e. The van der Waals surface area contributed by atoms with Gasteiger partial charge < -0.3 is 14.2 Å². The normalized spacial score (nSPS) is 17.9. The van der Waals surface area contributed by atoms with Gasteiger partial charge in [0.25, 0.3) is 11.8 Å². The van der Waals surface area contributed by atoms with Crippen LogP contribution >= 0.6 is 23.2 Å². The number of carbonyl (C=O) groups excluding carboxylic acids is 2. The monoisotopic (exact) mass is 576 g/mol. The molecule has 1 aliphatic rings. The summed E-state index contributed by atoms with van der Waals surface area (Å²) in [6.45, 7) is 9.93. The molecule has 5 nitrogen and oxygen atoms in total. The van der Waals surface area contributed by atoms with Gasteiger partial charge in [-0.3, -0.25) is 9.59 Å². The molecule has 0 spiro atoms. The summed E-state index contributed by atoms with van der Waals surface area (Å²) < 4.78 is 35.7. The highest BCUT2D eigenvalue weighted by Gasteiger charge is 2.35. The number of likely N-dealkylation sites (tertiary alicyclic amines) is 1. The van der Waals surface area contributed by atoms with Crippen molar-refractivity contribution in [3.05, 3.63) is 81.0 Å². The van der Waals surface area contributed by atoms with E-state index in [1.54, 1.807) is 37.9 Å². The number of aryl methyl sites for hydroxylation is 2. The molecule has 0 N–H and O–H groups in total. The number of nitrogens with zero attached hydrogens (tertiary/aromatic N) is 2. The highest BCUT2D eigenvalue weighted by molar-refractivity contribution is 6.38. The quantitative estimate of drug-likeness (QED) is 0.218. The summed E-state index contributed by atoms with van der Waals surface area (Å²) in [5, 5.41) is 1.51. The van der Waals surface area contributed by atoms with Crippen LogP contribution < -0.4 is 0 Å². The number of aromatic nitrogens is 1. The van der Waals surface area contributed by atoms with Crippen LogP contribution in [0.25, 0.3) is 10.9 Å². The first-order valence-corrected chi connectivity index (χ1v) is 13.7. The Morgan fingerprint density at radius 3 is 2.59 bits per heavy atom. The number of fused-ring (bicyclic) bond motifs is 1. The van der Waals surface area contributed by atoms with Crippen molar-refractivity contribution in [2.24, 2.45) is 18.9 Å². The van der Waals surface area contributed by atoms with Crippen LogP contribution in [0.1, 0.15) is 53.0 Å². The topological polar surface area (TPSA) is 51.5 Å². The zero-order valence-corrected chi connectivity index (χ0v) is 24.0. The number of ether oxygens (including phenoxy) is 1. The van der Waals surface area contributed by atoms with Crippen LogP contribution in [-0.2, 0) is 28.9 Å². The molecule has 2 aromatic carbocycles. The highest BCUT2D eigenvalue weighted by atomic mass is 35.5. The van der Waals surface area contributed by atoms with E-state index in [0.717, 1.165) is 11.1 Å². The third kappa shape index (κ3) is 5.57. The molecule has 0 bridgehead atoms. The van der Waals surface area contributed by atoms with Crippen LogP contribution in [0, 0.1) is 18.8 Å². The summed E-state index contributed by atoms with van der Waals surface area (Å²) in [6, 6.07) is 8.15. The van der Waals surface area contributed by atoms with Gasteiger partial charge in [-0.2, -0.15) is 8.78 Å². The van der Waals surface area contributed by atoms with E-state index in [-0.39, 0.29) is 34.3 Å². The van der Waals surface area contributed by atoms with Gasteiger partial charge in [0.15, 0.2) is 0 Å². The lowest BCUT2D eigenvalue weighted by molar-refractivity contribution is -0.151. The summed E-state index contributed by atoms with van der Waals surface area (Å²) in [5.74, 6) is -3.89. The van der Waals surface area contributed by atoms with Crippen molar-refractivity contribution in [2.45, 2.75) is 39.5 Å². The fourth-order valence-electron chi connectivity index (χ4n) is 5.35. The number of amides is 1. The molecular weight excluding hydrogens is 545 g/mol. The summed E-state index contributed by atoms with van der Waals surface area (Å²) in [7, 11) is 1.80. The van der Waals surface area contributed by atoms with Crippen molar-refractivity contribution in [3.63, 3.8) is 0 Å². The highest BCUT2D eigenvalue weighted by Crippen LogP contribution is 2.37. The molecule has 0 unspecified atom stereocenters. The van der Waals surface area contributed by atoms with Crippen molar-refractivity contribution in [1.29, 1.82) is 0 Å². The number of piperidine rings is 1. The maximum absolute atomic E-state index is 14.4.